The highest BCUT2D eigenvalue weighted by atomic mass is 19.1. The van der Waals surface area contributed by atoms with Crippen molar-refractivity contribution in [3.63, 3.8) is 0 Å². The number of nitrogens with one attached hydrogen (secondary N) is 1. The lowest BCUT2D eigenvalue weighted by Gasteiger charge is -2.08. The lowest BCUT2D eigenvalue weighted by molar-refractivity contribution is -0.140. The van der Waals surface area contributed by atoms with Gasteiger partial charge in [0.2, 0.25) is 0 Å². The van der Waals surface area contributed by atoms with Crippen molar-refractivity contribution in [3.05, 3.63) is 47.8 Å². The zero-order valence-electron chi connectivity index (χ0n) is 11.7. The van der Waals surface area contributed by atoms with Gasteiger partial charge in [0.15, 0.2) is 0 Å². The van der Waals surface area contributed by atoms with Crippen molar-refractivity contribution < 1.29 is 18.7 Å². The van der Waals surface area contributed by atoms with Crippen molar-refractivity contribution in [2.75, 3.05) is 13.7 Å². The van der Waals surface area contributed by atoms with Crippen LogP contribution in [0.5, 0.6) is 0 Å². The van der Waals surface area contributed by atoms with E-state index in [2.05, 4.69) is 10.1 Å². The molecule has 0 aliphatic heterocycles. The van der Waals surface area contributed by atoms with Crippen molar-refractivity contribution in [1.29, 1.82) is 0 Å². The molecule has 0 saturated heterocycles. The smallest absolute Gasteiger partial charge is 0.305 e. The number of ether oxygens (including phenoxy) is 1. The van der Waals surface area contributed by atoms with Gasteiger partial charge >= 0.3 is 5.97 Å². The average Bonchev–Trinajstić information content (AvgIpc) is 2.51. The van der Waals surface area contributed by atoms with Crippen LogP contribution in [-0.2, 0) is 9.53 Å². The summed E-state index contributed by atoms with van der Waals surface area (Å²) in [6.45, 7) is 0.361. The molecule has 0 saturated carbocycles. The topological polar surface area (TPSA) is 55.4 Å². The molecular weight excluding hydrogens is 273 g/mol. The number of hydrogen-bond donors (Lipinski definition) is 1. The summed E-state index contributed by atoms with van der Waals surface area (Å²) in [5.74, 6) is -0.944. The SMILES string of the molecule is COC(=O)CCCNC(=O)c1ccc(F)c2ccccc12. The second-order valence-corrected chi connectivity index (χ2v) is 4.58. The molecule has 0 aliphatic carbocycles. The second-order valence-electron chi connectivity index (χ2n) is 4.58. The highest BCUT2D eigenvalue weighted by molar-refractivity contribution is 6.07. The number of benzene rings is 2. The van der Waals surface area contributed by atoms with Gasteiger partial charge in [0.1, 0.15) is 5.82 Å². The van der Waals surface area contributed by atoms with E-state index in [1.165, 1.54) is 19.2 Å². The Kier molecular flexibility index (Phi) is 4.87. The molecule has 21 heavy (non-hydrogen) atoms. The maximum Gasteiger partial charge on any atom is 0.305 e. The minimum absolute atomic E-state index is 0.251. The van der Waals surface area contributed by atoms with E-state index in [-0.39, 0.29) is 24.1 Å². The molecule has 0 aromatic heterocycles. The van der Waals surface area contributed by atoms with Gasteiger partial charge in [0, 0.05) is 23.9 Å². The fourth-order valence-corrected chi connectivity index (χ4v) is 2.09. The van der Waals surface area contributed by atoms with Crippen LogP contribution in [0.3, 0.4) is 0 Å². The van der Waals surface area contributed by atoms with E-state index in [0.717, 1.165) is 0 Å². The molecule has 0 bridgehead atoms. The number of rotatable bonds is 5. The van der Waals surface area contributed by atoms with Crippen LogP contribution in [0.25, 0.3) is 10.8 Å². The van der Waals surface area contributed by atoms with Gasteiger partial charge in [-0.1, -0.05) is 24.3 Å². The van der Waals surface area contributed by atoms with E-state index in [9.17, 15) is 14.0 Å². The van der Waals surface area contributed by atoms with Gasteiger partial charge in [0.05, 0.1) is 7.11 Å². The summed E-state index contributed by atoms with van der Waals surface area (Å²) < 4.78 is 18.2. The first kappa shape index (κ1) is 15.0. The molecule has 0 aliphatic rings. The Morgan fingerprint density at radius 2 is 1.86 bits per heavy atom. The van der Waals surface area contributed by atoms with E-state index in [1.54, 1.807) is 24.3 Å². The molecule has 2 aromatic rings. The third-order valence-corrected chi connectivity index (χ3v) is 3.19. The monoisotopic (exact) mass is 289 g/mol. The normalized spacial score (nSPS) is 10.4. The molecule has 110 valence electrons. The first-order chi connectivity index (χ1) is 10.1. The molecular formula is C16H16FNO3. The van der Waals surface area contributed by atoms with Gasteiger partial charge in [-0.2, -0.15) is 0 Å². The first-order valence-electron chi connectivity index (χ1n) is 6.65. The van der Waals surface area contributed by atoms with Crippen LogP contribution in [0.1, 0.15) is 23.2 Å². The minimum atomic E-state index is -0.354. The zero-order valence-corrected chi connectivity index (χ0v) is 11.7. The van der Waals surface area contributed by atoms with E-state index in [0.29, 0.717) is 29.3 Å². The van der Waals surface area contributed by atoms with Crippen LogP contribution >= 0.6 is 0 Å². The summed E-state index contributed by atoms with van der Waals surface area (Å²) in [6, 6.07) is 9.58. The number of carbonyl (C=O) groups excluding carboxylic acids is 2. The number of halogens is 1. The van der Waals surface area contributed by atoms with E-state index in [1.807, 2.05) is 0 Å². The largest absolute Gasteiger partial charge is 0.469 e. The molecule has 0 spiro atoms. The summed E-state index contributed by atoms with van der Waals surface area (Å²) in [5.41, 5.74) is 0.421. The van der Waals surface area contributed by atoms with Crippen LogP contribution < -0.4 is 5.32 Å². The number of carbonyl (C=O) groups is 2. The third-order valence-electron chi connectivity index (χ3n) is 3.19. The molecule has 1 amide bonds. The summed E-state index contributed by atoms with van der Waals surface area (Å²) in [4.78, 5) is 23.1. The number of esters is 1. The molecule has 4 nitrogen and oxygen atoms in total. The fourth-order valence-electron chi connectivity index (χ4n) is 2.09. The molecule has 1 N–H and O–H groups in total. The maximum atomic E-state index is 13.7. The Morgan fingerprint density at radius 3 is 2.57 bits per heavy atom. The number of hydrogen-bond acceptors (Lipinski definition) is 3. The lowest BCUT2D eigenvalue weighted by atomic mass is 10.0. The number of amides is 1. The standard InChI is InChI=1S/C16H16FNO3/c1-21-15(19)7-4-10-18-16(20)13-8-9-14(17)12-6-3-2-5-11(12)13/h2-3,5-6,8-9H,4,7,10H2,1H3,(H,18,20). The van der Waals surface area contributed by atoms with Gasteiger partial charge in [-0.25, -0.2) is 4.39 Å². The van der Waals surface area contributed by atoms with Crippen molar-refractivity contribution in [2.24, 2.45) is 0 Å². The Labute approximate surface area is 121 Å². The van der Waals surface area contributed by atoms with Crippen molar-refractivity contribution in [2.45, 2.75) is 12.8 Å². The number of fused-ring (bicyclic) bond motifs is 1. The molecule has 0 atom stereocenters. The average molecular weight is 289 g/mol. The van der Waals surface area contributed by atoms with Crippen molar-refractivity contribution in [1.82, 2.24) is 5.32 Å². The molecule has 0 heterocycles. The summed E-state index contributed by atoms with van der Waals surface area (Å²) in [6.07, 6.45) is 0.748. The highest BCUT2D eigenvalue weighted by Crippen LogP contribution is 2.21. The molecule has 0 fully saturated rings. The first-order valence-corrected chi connectivity index (χ1v) is 6.65. The quantitative estimate of drug-likeness (QED) is 0.680. The molecule has 0 radical (unpaired) electrons. The fraction of sp³-hybridized carbons (Fsp3) is 0.250. The van der Waals surface area contributed by atoms with Crippen LogP contribution in [0.2, 0.25) is 0 Å². The van der Waals surface area contributed by atoms with Crippen molar-refractivity contribution >= 4 is 22.6 Å². The maximum absolute atomic E-state index is 13.7. The third kappa shape index (κ3) is 3.56. The zero-order chi connectivity index (χ0) is 15.2. The molecule has 2 aromatic carbocycles. The predicted octanol–water partition coefficient (Wildman–Crippen LogP) is 2.66. The van der Waals surface area contributed by atoms with E-state index >= 15 is 0 Å². The molecule has 5 heteroatoms. The van der Waals surface area contributed by atoms with Gasteiger partial charge in [-0.3, -0.25) is 9.59 Å². The highest BCUT2D eigenvalue weighted by Gasteiger charge is 2.12. The van der Waals surface area contributed by atoms with Gasteiger partial charge in [0.25, 0.3) is 5.91 Å². The summed E-state index contributed by atoms with van der Waals surface area (Å²) in [7, 11) is 1.32. The Morgan fingerprint density at radius 1 is 1.14 bits per heavy atom. The Hall–Kier alpha value is -2.43. The minimum Gasteiger partial charge on any atom is -0.469 e. The van der Waals surface area contributed by atoms with Crippen LogP contribution in [0, 0.1) is 5.82 Å². The van der Waals surface area contributed by atoms with Gasteiger partial charge in [-0.15, -0.1) is 0 Å². The Bertz CT molecular complexity index is 670. The van der Waals surface area contributed by atoms with Crippen LogP contribution in [0.4, 0.5) is 4.39 Å². The Balaban J connectivity index is 2.06. The van der Waals surface area contributed by atoms with Crippen LogP contribution in [0.15, 0.2) is 36.4 Å². The second kappa shape index (κ2) is 6.83. The van der Waals surface area contributed by atoms with E-state index in [4.69, 9.17) is 0 Å². The predicted molar refractivity (Wildman–Crippen MR) is 77.5 cm³/mol. The summed E-state index contributed by atoms with van der Waals surface area (Å²) in [5, 5.41) is 3.71. The lowest BCUT2D eigenvalue weighted by Crippen LogP contribution is -2.25. The van der Waals surface area contributed by atoms with Crippen molar-refractivity contribution in [3.8, 4) is 0 Å². The van der Waals surface area contributed by atoms with Crippen LogP contribution in [-0.4, -0.2) is 25.5 Å². The van der Waals surface area contributed by atoms with E-state index < -0.39 is 0 Å². The van der Waals surface area contributed by atoms with Gasteiger partial charge in [-0.05, 0) is 23.9 Å². The number of methoxy groups -OCH3 is 1. The van der Waals surface area contributed by atoms with Gasteiger partial charge < -0.3 is 10.1 Å². The molecule has 2 rings (SSSR count). The molecule has 0 unspecified atom stereocenters. The summed E-state index contributed by atoms with van der Waals surface area (Å²) >= 11 is 0.